The molecule has 1 aromatic carbocycles. The monoisotopic (exact) mass is 478 g/mol. The number of carbonyl (C=O) groups is 2. The second-order valence-corrected chi connectivity index (χ2v) is 9.70. The standard InChI is InChI=1S/C24H35ClN4O4/c1-32-21-14-19(26)18(25)13-17(21)24(31)28-16-6-10-29(11-7-16)22(15-4-8-27-9-5-15)23(30)20-3-2-12-33-20/h13-16,20,22,27H,2-12,26H2,1H3,(H,28,31)/t20-,22?/m0/s1. The highest BCUT2D eigenvalue weighted by atomic mass is 35.5. The van der Waals surface area contributed by atoms with E-state index in [9.17, 15) is 9.59 Å². The van der Waals surface area contributed by atoms with E-state index < -0.39 is 0 Å². The summed E-state index contributed by atoms with van der Waals surface area (Å²) >= 11 is 6.13. The lowest BCUT2D eigenvalue weighted by atomic mass is 9.83. The first-order valence-electron chi connectivity index (χ1n) is 12.0. The third kappa shape index (κ3) is 5.62. The summed E-state index contributed by atoms with van der Waals surface area (Å²) in [5.74, 6) is 0.788. The smallest absolute Gasteiger partial charge is 0.255 e. The highest BCUT2D eigenvalue weighted by Crippen LogP contribution is 2.30. The number of benzene rings is 1. The van der Waals surface area contributed by atoms with Gasteiger partial charge in [0.1, 0.15) is 11.9 Å². The van der Waals surface area contributed by atoms with Crippen molar-refractivity contribution < 1.29 is 19.1 Å². The molecule has 3 saturated heterocycles. The van der Waals surface area contributed by atoms with Crippen LogP contribution < -0.4 is 21.1 Å². The normalized spacial score (nSPS) is 23.9. The molecule has 3 aliphatic rings. The zero-order valence-corrected chi connectivity index (χ0v) is 20.0. The van der Waals surface area contributed by atoms with E-state index in [1.165, 1.54) is 7.11 Å². The fourth-order valence-corrected chi connectivity index (χ4v) is 5.53. The molecular weight excluding hydrogens is 444 g/mol. The van der Waals surface area contributed by atoms with E-state index in [2.05, 4.69) is 15.5 Å². The number of methoxy groups -OCH3 is 1. The van der Waals surface area contributed by atoms with Crippen LogP contribution in [0.5, 0.6) is 5.75 Å². The molecule has 4 N–H and O–H groups in total. The molecule has 3 aliphatic heterocycles. The number of carbonyl (C=O) groups excluding carboxylic acids is 2. The maximum absolute atomic E-state index is 13.4. The molecule has 8 nitrogen and oxygen atoms in total. The number of anilines is 1. The lowest BCUT2D eigenvalue weighted by Gasteiger charge is -2.42. The van der Waals surface area contributed by atoms with Gasteiger partial charge in [-0.05, 0) is 63.6 Å². The molecule has 0 aromatic heterocycles. The Kier molecular flexibility index (Phi) is 8.11. The second-order valence-electron chi connectivity index (χ2n) is 9.29. The van der Waals surface area contributed by atoms with Gasteiger partial charge in [0.05, 0.1) is 29.4 Å². The molecule has 1 amide bonds. The minimum Gasteiger partial charge on any atom is -0.496 e. The van der Waals surface area contributed by atoms with Gasteiger partial charge in [-0.2, -0.15) is 0 Å². The van der Waals surface area contributed by atoms with E-state index in [1.54, 1.807) is 12.1 Å². The number of nitrogens with one attached hydrogen (secondary N) is 2. The first-order chi connectivity index (χ1) is 16.0. The van der Waals surface area contributed by atoms with E-state index in [0.717, 1.165) is 64.7 Å². The summed E-state index contributed by atoms with van der Waals surface area (Å²) in [6.45, 7) is 4.15. The van der Waals surface area contributed by atoms with Crippen molar-refractivity contribution in [1.29, 1.82) is 0 Å². The third-order valence-corrected chi connectivity index (χ3v) is 7.52. The molecule has 1 unspecified atom stereocenters. The number of Topliss-reactive ketones (excluding diaryl/α,β-unsaturated/α-hetero) is 1. The molecule has 3 heterocycles. The summed E-state index contributed by atoms with van der Waals surface area (Å²) < 4.78 is 11.1. The van der Waals surface area contributed by atoms with Gasteiger partial charge in [0, 0.05) is 31.8 Å². The molecular formula is C24H35ClN4O4. The number of ether oxygens (including phenoxy) is 2. The number of nitrogen functional groups attached to an aromatic ring is 1. The van der Waals surface area contributed by atoms with Crippen molar-refractivity contribution >= 4 is 29.0 Å². The Balaban J connectivity index is 1.39. The van der Waals surface area contributed by atoms with Crippen LogP contribution in [0.15, 0.2) is 12.1 Å². The second kappa shape index (κ2) is 11.0. The number of rotatable bonds is 7. The number of ketones is 1. The molecule has 3 fully saturated rings. The molecule has 0 radical (unpaired) electrons. The number of hydrogen-bond donors (Lipinski definition) is 3. The Labute approximate surface area is 200 Å². The molecule has 0 aliphatic carbocycles. The molecule has 2 atom stereocenters. The van der Waals surface area contributed by atoms with E-state index >= 15 is 0 Å². The first-order valence-corrected chi connectivity index (χ1v) is 12.4. The van der Waals surface area contributed by atoms with Crippen LogP contribution in [0.2, 0.25) is 5.02 Å². The molecule has 0 saturated carbocycles. The van der Waals surface area contributed by atoms with Crippen LogP contribution in [0.25, 0.3) is 0 Å². The zero-order valence-electron chi connectivity index (χ0n) is 19.3. The molecule has 4 rings (SSSR count). The molecule has 1 aromatic rings. The maximum Gasteiger partial charge on any atom is 0.255 e. The average Bonchev–Trinajstić information content (AvgIpc) is 3.37. The molecule has 182 valence electrons. The Morgan fingerprint density at radius 3 is 2.58 bits per heavy atom. The predicted molar refractivity (Wildman–Crippen MR) is 128 cm³/mol. The van der Waals surface area contributed by atoms with E-state index in [-0.39, 0.29) is 29.9 Å². The maximum atomic E-state index is 13.4. The van der Waals surface area contributed by atoms with Crippen molar-refractivity contribution in [2.45, 2.75) is 56.7 Å². The number of piperidine rings is 2. The minimum absolute atomic E-state index is 0.0290. The van der Waals surface area contributed by atoms with Crippen molar-refractivity contribution in [3.05, 3.63) is 22.7 Å². The van der Waals surface area contributed by atoms with Gasteiger partial charge in [0.2, 0.25) is 0 Å². The van der Waals surface area contributed by atoms with Crippen LogP contribution in [0.3, 0.4) is 0 Å². The van der Waals surface area contributed by atoms with Gasteiger partial charge in [-0.3, -0.25) is 14.5 Å². The molecule has 9 heteroatoms. The quantitative estimate of drug-likeness (QED) is 0.516. The summed E-state index contributed by atoms with van der Waals surface area (Å²) in [6, 6.07) is 3.05. The van der Waals surface area contributed by atoms with Gasteiger partial charge in [0.15, 0.2) is 5.78 Å². The van der Waals surface area contributed by atoms with Crippen molar-refractivity contribution in [3.8, 4) is 5.75 Å². The highest BCUT2D eigenvalue weighted by molar-refractivity contribution is 6.33. The number of nitrogens with zero attached hydrogens (tertiary/aromatic N) is 1. The van der Waals surface area contributed by atoms with Crippen molar-refractivity contribution in [1.82, 2.24) is 15.5 Å². The fraction of sp³-hybridized carbons (Fsp3) is 0.667. The largest absolute Gasteiger partial charge is 0.496 e. The average molecular weight is 479 g/mol. The van der Waals surface area contributed by atoms with Gasteiger partial charge in [-0.1, -0.05) is 11.6 Å². The molecule has 0 spiro atoms. The summed E-state index contributed by atoms with van der Waals surface area (Å²) in [5.41, 5.74) is 6.58. The molecule has 0 bridgehead atoms. The third-order valence-electron chi connectivity index (χ3n) is 7.19. The fourth-order valence-electron chi connectivity index (χ4n) is 5.36. The summed E-state index contributed by atoms with van der Waals surface area (Å²) in [6.07, 6.45) is 5.13. The molecule has 33 heavy (non-hydrogen) atoms. The topological polar surface area (TPSA) is 106 Å². The number of hydrogen-bond acceptors (Lipinski definition) is 7. The van der Waals surface area contributed by atoms with Crippen LogP contribution in [0, 0.1) is 5.92 Å². The van der Waals surface area contributed by atoms with Crippen LogP contribution in [-0.4, -0.2) is 74.7 Å². The SMILES string of the molecule is COc1cc(N)c(Cl)cc1C(=O)NC1CCN(C(C(=O)[C@@H]2CCCO2)C2CCNCC2)CC1. The van der Waals surface area contributed by atoms with Crippen LogP contribution >= 0.6 is 11.6 Å². The number of halogens is 1. The lowest BCUT2D eigenvalue weighted by molar-refractivity contribution is -0.136. The van der Waals surface area contributed by atoms with Crippen molar-refractivity contribution in [2.75, 3.05) is 45.6 Å². The van der Waals surface area contributed by atoms with Gasteiger partial charge >= 0.3 is 0 Å². The predicted octanol–water partition coefficient (Wildman–Crippen LogP) is 2.24. The van der Waals surface area contributed by atoms with Crippen molar-refractivity contribution in [3.63, 3.8) is 0 Å². The van der Waals surface area contributed by atoms with E-state index in [4.69, 9.17) is 26.8 Å². The zero-order chi connectivity index (χ0) is 23.4. The Morgan fingerprint density at radius 2 is 1.94 bits per heavy atom. The van der Waals surface area contributed by atoms with Crippen LogP contribution in [0.4, 0.5) is 5.69 Å². The van der Waals surface area contributed by atoms with E-state index in [0.29, 0.717) is 34.5 Å². The summed E-state index contributed by atoms with van der Waals surface area (Å²) in [5, 5.41) is 6.85. The number of likely N-dealkylation sites (tertiary alicyclic amines) is 1. The van der Waals surface area contributed by atoms with Gasteiger partial charge < -0.3 is 25.8 Å². The highest BCUT2D eigenvalue weighted by Gasteiger charge is 2.40. The number of amides is 1. The number of nitrogens with two attached hydrogens (primary N) is 1. The summed E-state index contributed by atoms with van der Waals surface area (Å²) in [4.78, 5) is 28.7. The van der Waals surface area contributed by atoms with Gasteiger partial charge in [-0.25, -0.2) is 0 Å². The Bertz CT molecular complexity index is 847. The lowest BCUT2D eigenvalue weighted by Crippen LogP contribution is -2.56. The Morgan fingerprint density at radius 1 is 1.21 bits per heavy atom. The van der Waals surface area contributed by atoms with Crippen molar-refractivity contribution in [2.24, 2.45) is 5.92 Å². The van der Waals surface area contributed by atoms with Crippen LogP contribution in [-0.2, 0) is 9.53 Å². The van der Waals surface area contributed by atoms with Gasteiger partial charge in [-0.15, -0.1) is 0 Å². The minimum atomic E-state index is -0.259. The summed E-state index contributed by atoms with van der Waals surface area (Å²) in [7, 11) is 1.50. The van der Waals surface area contributed by atoms with Crippen LogP contribution in [0.1, 0.15) is 48.9 Å². The van der Waals surface area contributed by atoms with E-state index in [1.807, 2.05) is 0 Å². The Hall–Kier alpha value is -1.87. The first kappa shape index (κ1) is 24.3. The van der Waals surface area contributed by atoms with Gasteiger partial charge in [0.25, 0.3) is 5.91 Å².